The van der Waals surface area contributed by atoms with Gasteiger partial charge in [0.25, 0.3) is 0 Å². The molecule has 7 aromatic rings. The number of hydrogen-bond donors (Lipinski definition) is 1. The molecular formula is C57H56F2N8O4. The summed E-state index contributed by atoms with van der Waals surface area (Å²) in [5.74, 6) is 2.63. The molecule has 3 aromatic carbocycles. The lowest BCUT2D eigenvalue weighted by Gasteiger charge is -2.46. The van der Waals surface area contributed by atoms with Crippen LogP contribution in [0.3, 0.4) is 0 Å². The number of benzene rings is 3. The Morgan fingerprint density at radius 2 is 1.06 bits per heavy atom. The van der Waals surface area contributed by atoms with Gasteiger partial charge in [-0.05, 0) is 143 Å². The van der Waals surface area contributed by atoms with Gasteiger partial charge in [-0.3, -0.25) is 19.6 Å². The van der Waals surface area contributed by atoms with Gasteiger partial charge in [0.2, 0.25) is 0 Å². The van der Waals surface area contributed by atoms with Crippen LogP contribution >= 0.6 is 0 Å². The van der Waals surface area contributed by atoms with Crippen molar-refractivity contribution in [3.05, 3.63) is 190 Å². The van der Waals surface area contributed by atoms with Crippen molar-refractivity contribution in [3.63, 3.8) is 0 Å². The SMILES string of the molecule is Cc1nccc(N2CCCc3nc(C4(C(=O)Cc5ccc(F)cc5)CC(O)C4)ccc32)n1.Cc1nccc(N2CCCc3nc(C4(C(=O)Cc5ccc(F)cc5)CC(OCc5ccccc5)C4)ccc32)n1. The van der Waals surface area contributed by atoms with Crippen molar-refractivity contribution in [1.82, 2.24) is 29.9 Å². The van der Waals surface area contributed by atoms with Crippen LogP contribution in [0.1, 0.15) is 89.6 Å². The number of halogens is 2. The first kappa shape index (κ1) is 47.5. The number of anilines is 4. The van der Waals surface area contributed by atoms with Crippen LogP contribution in [0.5, 0.6) is 0 Å². The Bertz CT molecular complexity index is 3040. The van der Waals surface area contributed by atoms with Gasteiger partial charge in [-0.15, -0.1) is 0 Å². The fourth-order valence-electron chi connectivity index (χ4n) is 10.5. The second-order valence-electron chi connectivity index (χ2n) is 19.3. The number of rotatable bonds is 13. The maximum absolute atomic E-state index is 13.9. The minimum atomic E-state index is -0.795. The summed E-state index contributed by atoms with van der Waals surface area (Å²) in [4.78, 5) is 59.2. The molecule has 0 saturated heterocycles. The van der Waals surface area contributed by atoms with E-state index in [1.807, 2.05) is 74.5 Å². The normalized spacial score (nSPS) is 21.1. The summed E-state index contributed by atoms with van der Waals surface area (Å²) < 4.78 is 32.9. The number of ketones is 2. The van der Waals surface area contributed by atoms with Gasteiger partial charge in [0.15, 0.2) is 0 Å². The molecule has 0 radical (unpaired) electrons. The monoisotopic (exact) mass is 954 g/mol. The second-order valence-corrected chi connectivity index (χ2v) is 19.3. The number of Topliss-reactive ketones (excluding diaryl/α,β-unsaturated/α-hetero) is 2. The molecular weight excluding hydrogens is 899 g/mol. The summed E-state index contributed by atoms with van der Waals surface area (Å²) in [6, 6.07) is 34.1. The highest BCUT2D eigenvalue weighted by Gasteiger charge is 2.53. The summed E-state index contributed by atoms with van der Waals surface area (Å²) in [5.41, 5.74) is 6.63. The number of ether oxygens (including phenoxy) is 1. The highest BCUT2D eigenvalue weighted by Crippen LogP contribution is 2.48. The molecule has 2 fully saturated rings. The molecule has 11 rings (SSSR count). The largest absolute Gasteiger partial charge is 0.393 e. The Morgan fingerprint density at radius 1 is 0.592 bits per heavy atom. The highest BCUT2D eigenvalue weighted by atomic mass is 19.1. The van der Waals surface area contributed by atoms with Gasteiger partial charge in [-0.1, -0.05) is 54.6 Å². The smallest absolute Gasteiger partial charge is 0.149 e. The first-order valence-corrected chi connectivity index (χ1v) is 24.5. The Labute approximate surface area is 412 Å². The highest BCUT2D eigenvalue weighted by molar-refractivity contribution is 5.93. The zero-order valence-electron chi connectivity index (χ0n) is 40.0. The van der Waals surface area contributed by atoms with E-state index in [0.717, 1.165) is 107 Å². The van der Waals surface area contributed by atoms with Crippen molar-refractivity contribution in [2.24, 2.45) is 0 Å². The summed E-state index contributed by atoms with van der Waals surface area (Å²) in [6.07, 6.45) is 8.89. The number of aryl methyl sites for hydroxylation is 4. The van der Waals surface area contributed by atoms with Crippen LogP contribution in [-0.2, 0) is 57.4 Å². The molecule has 0 unspecified atom stereocenters. The van der Waals surface area contributed by atoms with E-state index in [1.54, 1.807) is 36.7 Å². The third-order valence-corrected chi connectivity index (χ3v) is 14.4. The molecule has 0 amide bonds. The molecule has 2 saturated carbocycles. The Morgan fingerprint density at radius 3 is 1.51 bits per heavy atom. The molecule has 6 heterocycles. The van der Waals surface area contributed by atoms with Gasteiger partial charge in [0.05, 0.1) is 63.8 Å². The van der Waals surface area contributed by atoms with E-state index in [0.29, 0.717) is 38.1 Å². The average molecular weight is 955 g/mol. The van der Waals surface area contributed by atoms with E-state index in [9.17, 15) is 23.5 Å². The quantitative estimate of drug-likeness (QED) is 0.117. The molecule has 2 aliphatic heterocycles. The third-order valence-electron chi connectivity index (χ3n) is 14.4. The maximum Gasteiger partial charge on any atom is 0.149 e. The Balaban J connectivity index is 0.000000167. The van der Waals surface area contributed by atoms with Crippen LogP contribution in [-0.4, -0.2) is 71.9 Å². The summed E-state index contributed by atoms with van der Waals surface area (Å²) in [7, 11) is 0. The van der Waals surface area contributed by atoms with Crippen molar-refractivity contribution >= 4 is 34.6 Å². The molecule has 4 aromatic heterocycles. The van der Waals surface area contributed by atoms with Gasteiger partial charge in [0, 0.05) is 38.3 Å². The van der Waals surface area contributed by atoms with Crippen LogP contribution < -0.4 is 9.80 Å². The minimum Gasteiger partial charge on any atom is -0.393 e. The van der Waals surface area contributed by atoms with Crippen LogP contribution in [0, 0.1) is 25.5 Å². The molecule has 1 N–H and O–H groups in total. The Hall–Kier alpha value is -7.16. The summed E-state index contributed by atoms with van der Waals surface area (Å²) in [5, 5.41) is 10.1. The van der Waals surface area contributed by atoms with Crippen LogP contribution in [0.4, 0.5) is 31.8 Å². The molecule has 4 aliphatic rings. The number of carbonyl (C=O) groups excluding carboxylic acids is 2. The number of aliphatic hydroxyl groups is 1. The predicted molar refractivity (Wildman–Crippen MR) is 266 cm³/mol. The number of nitrogens with zero attached hydrogens (tertiary/aromatic N) is 8. The number of pyridine rings is 2. The van der Waals surface area contributed by atoms with Crippen LogP contribution in [0.25, 0.3) is 0 Å². The lowest BCUT2D eigenvalue weighted by atomic mass is 9.61. The molecule has 0 bridgehead atoms. The molecule has 14 heteroatoms. The van der Waals surface area contributed by atoms with Crippen molar-refractivity contribution in [1.29, 1.82) is 0 Å². The number of aromatic nitrogens is 6. The molecule has 362 valence electrons. The van der Waals surface area contributed by atoms with E-state index in [2.05, 4.69) is 35.8 Å². The molecule has 12 nitrogen and oxygen atoms in total. The van der Waals surface area contributed by atoms with E-state index >= 15 is 0 Å². The van der Waals surface area contributed by atoms with Crippen LogP contribution in [0.15, 0.2) is 128 Å². The van der Waals surface area contributed by atoms with Crippen molar-refractivity contribution < 1.29 is 28.2 Å². The van der Waals surface area contributed by atoms with E-state index in [1.165, 1.54) is 24.3 Å². The Kier molecular flexibility index (Phi) is 13.6. The molecule has 0 spiro atoms. The third kappa shape index (κ3) is 10.1. The number of aliphatic hydroxyl groups excluding tert-OH is 1. The van der Waals surface area contributed by atoms with E-state index < -0.39 is 16.9 Å². The first-order chi connectivity index (χ1) is 34.4. The fraction of sp³-hybridized carbons (Fsp3) is 0.333. The molecule has 0 atom stereocenters. The number of fused-ring (bicyclic) bond motifs is 2. The summed E-state index contributed by atoms with van der Waals surface area (Å²) in [6.45, 7) is 5.97. The zero-order valence-corrected chi connectivity index (χ0v) is 40.0. The van der Waals surface area contributed by atoms with Gasteiger partial charge in [-0.25, -0.2) is 28.7 Å². The maximum atomic E-state index is 13.9. The zero-order chi connectivity index (χ0) is 49.1. The van der Waals surface area contributed by atoms with Gasteiger partial charge < -0.3 is 19.6 Å². The van der Waals surface area contributed by atoms with Gasteiger partial charge in [-0.2, -0.15) is 0 Å². The van der Waals surface area contributed by atoms with Crippen molar-refractivity contribution in [2.45, 2.75) is 108 Å². The van der Waals surface area contributed by atoms with Gasteiger partial charge >= 0.3 is 0 Å². The minimum absolute atomic E-state index is 0.0148. The van der Waals surface area contributed by atoms with Crippen molar-refractivity contribution in [3.8, 4) is 0 Å². The molecule has 2 aliphatic carbocycles. The number of hydrogen-bond acceptors (Lipinski definition) is 12. The summed E-state index contributed by atoms with van der Waals surface area (Å²) >= 11 is 0. The van der Waals surface area contributed by atoms with Crippen molar-refractivity contribution in [2.75, 3.05) is 22.9 Å². The second kappa shape index (κ2) is 20.3. The first-order valence-electron chi connectivity index (χ1n) is 24.5. The molecule has 71 heavy (non-hydrogen) atoms. The van der Waals surface area contributed by atoms with E-state index in [4.69, 9.17) is 14.7 Å². The van der Waals surface area contributed by atoms with E-state index in [-0.39, 0.29) is 42.1 Å². The standard InChI is InChI=1S/C32H31FN4O2.C25H25FN4O2/c1-22-34-16-15-31(35-22)37-17-5-8-27-28(37)13-14-29(36-27)32(30(38)18-23-9-11-25(33)12-10-23)19-26(20-32)39-21-24-6-3-2-4-7-24;1-16-27-11-10-24(28-16)30-12-2-3-20-21(30)8-9-22(29-20)25(14-19(31)15-25)23(32)13-17-4-6-18(26)7-5-17/h2-4,6-7,9-16,26H,5,8,17-21H2,1H3;4-11,19,31H,2-3,12-15H2,1H3. The fourth-order valence-corrected chi connectivity index (χ4v) is 10.5. The number of carbonyl (C=O) groups is 2. The van der Waals surface area contributed by atoms with Gasteiger partial charge in [0.1, 0.15) is 46.5 Å². The lowest BCUT2D eigenvalue weighted by molar-refractivity contribution is -0.136. The van der Waals surface area contributed by atoms with Crippen LogP contribution in [0.2, 0.25) is 0 Å². The predicted octanol–water partition coefficient (Wildman–Crippen LogP) is 9.44. The topological polar surface area (TPSA) is 147 Å². The average Bonchev–Trinajstić information content (AvgIpc) is 3.36. The lowest BCUT2D eigenvalue weighted by Crippen LogP contribution is -2.52.